The summed E-state index contributed by atoms with van der Waals surface area (Å²) in [5.41, 5.74) is 5.58. The summed E-state index contributed by atoms with van der Waals surface area (Å²) in [5, 5.41) is 0.690. The van der Waals surface area contributed by atoms with E-state index in [1.807, 2.05) is 25.1 Å². The lowest BCUT2D eigenvalue weighted by molar-refractivity contribution is 0.614. The van der Waals surface area contributed by atoms with Crippen LogP contribution in [0.25, 0.3) is 0 Å². The van der Waals surface area contributed by atoms with Gasteiger partial charge in [0.05, 0.1) is 6.04 Å². The maximum absolute atomic E-state index is 12.9. The van der Waals surface area contributed by atoms with Crippen LogP contribution >= 0.6 is 11.6 Å². The Hall–Kier alpha value is -1.42. The van der Waals surface area contributed by atoms with Crippen LogP contribution in [0.3, 0.4) is 0 Å². The molecule has 1 atom stereocenters. The van der Waals surface area contributed by atoms with Crippen molar-refractivity contribution in [1.29, 1.82) is 0 Å². The van der Waals surface area contributed by atoms with Gasteiger partial charge >= 0.3 is 0 Å². The molecule has 0 bridgehead atoms. The Morgan fingerprint density at radius 3 is 2.44 bits per heavy atom. The molecule has 0 aliphatic rings. The first-order valence-electron chi connectivity index (χ1n) is 5.60. The van der Waals surface area contributed by atoms with Crippen molar-refractivity contribution < 1.29 is 4.39 Å². The molecule has 0 aromatic heterocycles. The highest BCUT2D eigenvalue weighted by Gasteiger charge is 2.15. The first-order valence-corrected chi connectivity index (χ1v) is 5.98. The predicted molar refractivity (Wildman–Crippen MR) is 71.8 cm³/mol. The molecule has 2 aromatic carbocycles. The molecule has 2 aromatic rings. The fraction of sp³-hybridized carbons (Fsp3) is 0.143. The molecule has 18 heavy (non-hydrogen) atoms. The lowest BCUT2D eigenvalue weighted by Crippen LogP contribution is -2.29. The summed E-state index contributed by atoms with van der Waals surface area (Å²) in [6.45, 7) is 1.94. The largest absolute Gasteiger partial charge is 0.271 e. The average molecular weight is 265 g/mol. The Bertz CT molecular complexity index is 540. The zero-order chi connectivity index (χ0) is 13.1. The fourth-order valence-corrected chi connectivity index (χ4v) is 2.14. The number of hydrogen-bond acceptors (Lipinski definition) is 2. The van der Waals surface area contributed by atoms with Crippen LogP contribution in [-0.2, 0) is 0 Å². The molecule has 1 unspecified atom stereocenters. The number of hydrogen-bond donors (Lipinski definition) is 2. The van der Waals surface area contributed by atoms with E-state index in [1.54, 1.807) is 12.1 Å². The SMILES string of the molecule is Cc1c(Cl)cccc1C(NN)c1ccc(F)cc1. The number of rotatable bonds is 3. The van der Waals surface area contributed by atoms with E-state index in [2.05, 4.69) is 5.43 Å². The van der Waals surface area contributed by atoms with Crippen molar-refractivity contribution in [3.8, 4) is 0 Å². The van der Waals surface area contributed by atoms with E-state index in [0.29, 0.717) is 5.02 Å². The van der Waals surface area contributed by atoms with E-state index >= 15 is 0 Å². The van der Waals surface area contributed by atoms with Crippen molar-refractivity contribution in [3.63, 3.8) is 0 Å². The Balaban J connectivity index is 2.45. The smallest absolute Gasteiger partial charge is 0.123 e. The van der Waals surface area contributed by atoms with Gasteiger partial charge in [-0.15, -0.1) is 0 Å². The zero-order valence-electron chi connectivity index (χ0n) is 9.95. The van der Waals surface area contributed by atoms with Gasteiger partial charge in [-0.1, -0.05) is 35.9 Å². The van der Waals surface area contributed by atoms with Gasteiger partial charge in [0.15, 0.2) is 0 Å². The molecule has 2 rings (SSSR count). The third-order valence-corrected chi connectivity index (χ3v) is 3.40. The van der Waals surface area contributed by atoms with Crippen molar-refractivity contribution in [2.75, 3.05) is 0 Å². The molecule has 0 amide bonds. The van der Waals surface area contributed by atoms with Crippen LogP contribution in [0.4, 0.5) is 4.39 Å². The van der Waals surface area contributed by atoms with Gasteiger partial charge in [-0.25, -0.2) is 9.82 Å². The Morgan fingerprint density at radius 2 is 1.83 bits per heavy atom. The van der Waals surface area contributed by atoms with Crippen LogP contribution in [0.5, 0.6) is 0 Å². The van der Waals surface area contributed by atoms with Gasteiger partial charge in [-0.2, -0.15) is 0 Å². The Kier molecular flexibility index (Phi) is 3.97. The second-order valence-electron chi connectivity index (χ2n) is 4.11. The van der Waals surface area contributed by atoms with E-state index in [0.717, 1.165) is 16.7 Å². The third kappa shape index (κ3) is 2.53. The van der Waals surface area contributed by atoms with Crippen LogP contribution in [0.2, 0.25) is 5.02 Å². The summed E-state index contributed by atoms with van der Waals surface area (Å²) in [7, 11) is 0. The molecular formula is C14H14ClFN2. The maximum Gasteiger partial charge on any atom is 0.123 e. The van der Waals surface area contributed by atoms with E-state index < -0.39 is 0 Å². The van der Waals surface area contributed by atoms with Gasteiger partial charge in [0.25, 0.3) is 0 Å². The number of halogens is 2. The molecule has 0 fully saturated rings. The first-order chi connectivity index (χ1) is 8.63. The summed E-state index contributed by atoms with van der Waals surface area (Å²) < 4.78 is 12.9. The van der Waals surface area contributed by atoms with E-state index in [1.165, 1.54) is 12.1 Å². The molecule has 0 aliphatic carbocycles. The van der Waals surface area contributed by atoms with E-state index in [4.69, 9.17) is 17.4 Å². The first kappa shape index (κ1) is 13.0. The van der Waals surface area contributed by atoms with Gasteiger partial charge in [-0.05, 0) is 41.8 Å². The molecule has 2 nitrogen and oxygen atoms in total. The molecule has 94 valence electrons. The van der Waals surface area contributed by atoms with Gasteiger partial charge < -0.3 is 0 Å². The molecule has 0 aliphatic heterocycles. The topological polar surface area (TPSA) is 38.0 Å². The van der Waals surface area contributed by atoms with Crippen molar-refractivity contribution >= 4 is 11.6 Å². The summed E-state index contributed by atoms with van der Waals surface area (Å²) in [6.07, 6.45) is 0. The predicted octanol–water partition coefficient (Wildman–Crippen LogP) is 3.34. The lowest BCUT2D eigenvalue weighted by Gasteiger charge is -2.19. The number of nitrogens with two attached hydrogens (primary N) is 1. The molecule has 3 N–H and O–H groups in total. The standard InChI is InChI=1S/C14H14ClFN2/c1-9-12(3-2-4-13(9)15)14(18-17)10-5-7-11(16)8-6-10/h2-8,14,18H,17H2,1H3. The van der Waals surface area contributed by atoms with E-state index in [-0.39, 0.29) is 11.9 Å². The summed E-state index contributed by atoms with van der Waals surface area (Å²) in [6, 6.07) is 11.7. The van der Waals surface area contributed by atoms with Crippen molar-refractivity contribution in [3.05, 3.63) is 70.0 Å². The minimum atomic E-state index is -0.266. The van der Waals surface area contributed by atoms with Crippen molar-refractivity contribution in [2.45, 2.75) is 13.0 Å². The average Bonchev–Trinajstić information content (AvgIpc) is 2.37. The highest BCUT2D eigenvalue weighted by molar-refractivity contribution is 6.31. The maximum atomic E-state index is 12.9. The van der Waals surface area contributed by atoms with Crippen molar-refractivity contribution in [2.24, 2.45) is 5.84 Å². The van der Waals surface area contributed by atoms with Gasteiger partial charge in [0, 0.05) is 5.02 Å². The van der Waals surface area contributed by atoms with Crippen LogP contribution in [-0.4, -0.2) is 0 Å². The van der Waals surface area contributed by atoms with Crippen LogP contribution in [0.1, 0.15) is 22.7 Å². The molecule has 0 saturated carbocycles. The molecule has 0 heterocycles. The molecular weight excluding hydrogens is 251 g/mol. The van der Waals surface area contributed by atoms with Gasteiger partial charge in [0.2, 0.25) is 0 Å². The minimum Gasteiger partial charge on any atom is -0.271 e. The second kappa shape index (κ2) is 5.48. The highest BCUT2D eigenvalue weighted by Crippen LogP contribution is 2.28. The lowest BCUT2D eigenvalue weighted by atomic mass is 9.95. The number of nitrogens with one attached hydrogen (secondary N) is 1. The fourth-order valence-electron chi connectivity index (χ4n) is 1.96. The zero-order valence-corrected chi connectivity index (χ0v) is 10.7. The molecule has 4 heteroatoms. The summed E-state index contributed by atoms with van der Waals surface area (Å²) in [4.78, 5) is 0. The highest BCUT2D eigenvalue weighted by atomic mass is 35.5. The Morgan fingerprint density at radius 1 is 1.17 bits per heavy atom. The summed E-state index contributed by atoms with van der Waals surface area (Å²) in [5.74, 6) is 5.34. The monoisotopic (exact) mass is 264 g/mol. The molecule has 0 saturated heterocycles. The van der Waals surface area contributed by atoms with Crippen molar-refractivity contribution in [1.82, 2.24) is 5.43 Å². The van der Waals surface area contributed by atoms with Crippen LogP contribution in [0, 0.1) is 12.7 Å². The van der Waals surface area contributed by atoms with Crippen LogP contribution < -0.4 is 11.3 Å². The quantitative estimate of drug-likeness (QED) is 0.659. The number of hydrazine groups is 1. The third-order valence-electron chi connectivity index (χ3n) is 2.99. The van der Waals surface area contributed by atoms with E-state index in [9.17, 15) is 4.39 Å². The second-order valence-corrected chi connectivity index (χ2v) is 4.51. The molecule has 0 spiro atoms. The van der Waals surface area contributed by atoms with Gasteiger partial charge in [-0.3, -0.25) is 5.84 Å². The minimum absolute atomic E-state index is 0.204. The van der Waals surface area contributed by atoms with Crippen LogP contribution in [0.15, 0.2) is 42.5 Å². The van der Waals surface area contributed by atoms with Gasteiger partial charge in [0.1, 0.15) is 5.82 Å². The Labute approximate surface area is 111 Å². The molecule has 0 radical (unpaired) electrons. The number of benzene rings is 2. The normalized spacial score (nSPS) is 12.4. The summed E-state index contributed by atoms with van der Waals surface area (Å²) >= 11 is 6.10.